The van der Waals surface area contributed by atoms with Crippen LogP contribution in [0.1, 0.15) is 32.0 Å². The Bertz CT molecular complexity index is 1240. The first-order chi connectivity index (χ1) is 15.9. The Hall–Kier alpha value is -2.87. The monoisotopic (exact) mass is 502 g/mol. The van der Waals surface area contributed by atoms with Crippen LogP contribution in [0.5, 0.6) is 0 Å². The third-order valence-electron chi connectivity index (χ3n) is 5.13. The largest absolute Gasteiger partial charge is 0.443 e. The van der Waals surface area contributed by atoms with E-state index in [1.165, 1.54) is 9.80 Å². The molecule has 0 unspecified atom stereocenters. The van der Waals surface area contributed by atoms with E-state index in [0.29, 0.717) is 27.5 Å². The van der Waals surface area contributed by atoms with E-state index < -0.39 is 11.7 Å². The van der Waals surface area contributed by atoms with E-state index in [-0.39, 0.29) is 24.0 Å². The van der Waals surface area contributed by atoms with Crippen molar-refractivity contribution in [3.8, 4) is 0 Å². The predicted molar refractivity (Wildman–Crippen MR) is 138 cm³/mol. The van der Waals surface area contributed by atoms with Gasteiger partial charge < -0.3 is 15.4 Å². The quantitative estimate of drug-likeness (QED) is 0.482. The molecule has 0 radical (unpaired) electrons. The molecule has 9 heteroatoms. The summed E-state index contributed by atoms with van der Waals surface area (Å²) < 4.78 is 5.71. The molecule has 0 atom stereocenters. The van der Waals surface area contributed by atoms with Crippen LogP contribution in [-0.4, -0.2) is 36.2 Å². The highest BCUT2D eigenvalue weighted by Gasteiger charge is 2.28. The highest BCUT2D eigenvalue weighted by atomic mass is 35.5. The number of anilines is 2. The van der Waals surface area contributed by atoms with E-state index in [1.807, 2.05) is 31.2 Å². The van der Waals surface area contributed by atoms with Crippen molar-refractivity contribution in [3.63, 3.8) is 0 Å². The number of amides is 2. The number of ether oxygens (including phenoxy) is 1. The van der Waals surface area contributed by atoms with E-state index in [4.69, 9.17) is 33.7 Å². The van der Waals surface area contributed by atoms with Crippen LogP contribution in [0.15, 0.2) is 42.5 Å². The molecule has 0 aliphatic heterocycles. The van der Waals surface area contributed by atoms with Gasteiger partial charge >= 0.3 is 6.09 Å². The maximum Gasteiger partial charge on any atom is 0.415 e. The summed E-state index contributed by atoms with van der Waals surface area (Å²) >= 11 is 13.2. The molecule has 2 aromatic carbocycles. The minimum absolute atomic E-state index is 0.000188. The van der Waals surface area contributed by atoms with Crippen LogP contribution in [0.25, 0.3) is 10.9 Å². The Kier molecular flexibility index (Phi) is 7.70. The second-order valence-corrected chi connectivity index (χ2v) is 9.67. The zero-order valence-corrected chi connectivity index (χ0v) is 21.4. The lowest BCUT2D eigenvalue weighted by Crippen LogP contribution is -2.37. The molecule has 2 amide bonds. The van der Waals surface area contributed by atoms with Gasteiger partial charge in [0.15, 0.2) is 0 Å². The molecule has 1 aromatic heterocycles. The van der Waals surface area contributed by atoms with Crippen LogP contribution in [0.4, 0.5) is 16.2 Å². The summed E-state index contributed by atoms with van der Waals surface area (Å²) in [5, 5.41) is 1.46. The summed E-state index contributed by atoms with van der Waals surface area (Å²) in [5.74, 6) is -0.312. The summed E-state index contributed by atoms with van der Waals surface area (Å²) in [6.45, 7) is 7.10. The van der Waals surface area contributed by atoms with Crippen molar-refractivity contribution >= 4 is 57.5 Å². The molecule has 7 nitrogen and oxygen atoms in total. The summed E-state index contributed by atoms with van der Waals surface area (Å²) in [6, 6.07) is 12.7. The Morgan fingerprint density at radius 1 is 1.06 bits per heavy atom. The standard InChI is InChI=1S/C25H28Cl2N4O3/c1-15-9-10-16-7-6-8-20(23(16)29-15)31(24(33)34-25(2,3)4)14-17-18(26)11-12-19(22(17)27)30(5)21(32)13-28/h6-12H,13-14,28H2,1-5H3. The number of para-hydroxylation sites is 1. The highest BCUT2D eigenvalue weighted by Crippen LogP contribution is 2.37. The van der Waals surface area contributed by atoms with Crippen molar-refractivity contribution in [2.45, 2.75) is 39.8 Å². The van der Waals surface area contributed by atoms with Gasteiger partial charge in [0.1, 0.15) is 5.60 Å². The molecular weight excluding hydrogens is 475 g/mol. The topological polar surface area (TPSA) is 88.8 Å². The summed E-state index contributed by atoms with van der Waals surface area (Å²) in [6.07, 6.45) is -0.577. The number of hydrogen-bond acceptors (Lipinski definition) is 5. The summed E-state index contributed by atoms with van der Waals surface area (Å²) in [4.78, 5) is 33.0. The molecular formula is C25H28Cl2N4O3. The first-order valence-corrected chi connectivity index (χ1v) is 11.5. The van der Waals surface area contributed by atoms with Crippen molar-refractivity contribution < 1.29 is 14.3 Å². The van der Waals surface area contributed by atoms with Crippen molar-refractivity contribution in [1.82, 2.24) is 4.98 Å². The number of nitrogens with zero attached hydrogens (tertiary/aromatic N) is 3. The van der Waals surface area contributed by atoms with Gasteiger partial charge in [0.2, 0.25) is 5.91 Å². The molecule has 180 valence electrons. The molecule has 0 aliphatic rings. The summed E-state index contributed by atoms with van der Waals surface area (Å²) in [5.41, 5.74) is 7.70. The van der Waals surface area contributed by atoms with Crippen LogP contribution in [0, 0.1) is 6.92 Å². The highest BCUT2D eigenvalue weighted by molar-refractivity contribution is 6.38. The number of carbonyl (C=O) groups excluding carboxylic acids is 2. The number of likely N-dealkylation sites (N-methyl/N-ethyl adjacent to an activating group) is 1. The Morgan fingerprint density at radius 3 is 2.41 bits per heavy atom. The van der Waals surface area contributed by atoms with Crippen LogP contribution < -0.4 is 15.5 Å². The zero-order valence-electron chi connectivity index (χ0n) is 19.9. The average molecular weight is 503 g/mol. The van der Waals surface area contributed by atoms with Gasteiger partial charge in [0.25, 0.3) is 0 Å². The first kappa shape index (κ1) is 25.7. The molecule has 0 saturated carbocycles. The molecule has 0 bridgehead atoms. The SMILES string of the molecule is Cc1ccc2cccc(N(Cc3c(Cl)ccc(N(C)C(=O)CN)c3Cl)C(=O)OC(C)(C)C)c2n1. The number of halogens is 2. The number of pyridine rings is 1. The smallest absolute Gasteiger partial charge is 0.415 e. The lowest BCUT2D eigenvalue weighted by atomic mass is 10.1. The molecule has 2 N–H and O–H groups in total. The molecule has 3 aromatic rings. The number of aryl methyl sites for hydroxylation is 1. The third-order valence-corrected chi connectivity index (χ3v) is 5.91. The van der Waals surface area contributed by atoms with Crippen LogP contribution in [-0.2, 0) is 16.1 Å². The van der Waals surface area contributed by atoms with E-state index in [2.05, 4.69) is 4.98 Å². The Balaban J connectivity index is 2.16. The predicted octanol–water partition coefficient (Wildman–Crippen LogP) is 5.71. The lowest BCUT2D eigenvalue weighted by Gasteiger charge is -2.29. The van der Waals surface area contributed by atoms with Gasteiger partial charge in [-0.3, -0.25) is 14.7 Å². The normalized spacial score (nSPS) is 11.4. The molecule has 0 saturated heterocycles. The number of benzene rings is 2. The third kappa shape index (κ3) is 5.60. The Labute approximate surface area is 209 Å². The van der Waals surface area contributed by atoms with Crippen molar-refractivity contribution in [3.05, 3.63) is 63.8 Å². The molecule has 3 rings (SSSR count). The molecule has 1 heterocycles. The average Bonchev–Trinajstić information content (AvgIpc) is 2.76. The molecule has 0 aliphatic carbocycles. The number of nitrogens with two attached hydrogens (primary N) is 1. The number of aromatic nitrogens is 1. The number of rotatable bonds is 5. The Morgan fingerprint density at radius 2 is 1.76 bits per heavy atom. The maximum atomic E-state index is 13.4. The first-order valence-electron chi connectivity index (χ1n) is 10.7. The number of hydrogen-bond donors (Lipinski definition) is 1. The number of fused-ring (bicyclic) bond motifs is 1. The van der Waals surface area contributed by atoms with Gasteiger partial charge in [0, 0.05) is 28.7 Å². The van der Waals surface area contributed by atoms with Gasteiger partial charge in [-0.1, -0.05) is 41.4 Å². The van der Waals surface area contributed by atoms with Gasteiger partial charge in [-0.25, -0.2) is 4.79 Å². The molecule has 0 fully saturated rings. The number of carbonyl (C=O) groups is 2. The summed E-state index contributed by atoms with van der Waals surface area (Å²) in [7, 11) is 1.58. The van der Waals surface area contributed by atoms with Crippen molar-refractivity contribution in [1.29, 1.82) is 0 Å². The fourth-order valence-corrected chi connectivity index (χ4v) is 4.05. The van der Waals surface area contributed by atoms with E-state index in [0.717, 1.165) is 11.1 Å². The van der Waals surface area contributed by atoms with Crippen LogP contribution >= 0.6 is 23.2 Å². The molecule has 34 heavy (non-hydrogen) atoms. The second-order valence-electron chi connectivity index (χ2n) is 8.88. The van der Waals surface area contributed by atoms with Crippen LogP contribution in [0.3, 0.4) is 0 Å². The second kappa shape index (κ2) is 10.2. The minimum Gasteiger partial charge on any atom is -0.443 e. The van der Waals surface area contributed by atoms with Gasteiger partial charge in [-0.2, -0.15) is 0 Å². The lowest BCUT2D eigenvalue weighted by molar-refractivity contribution is -0.117. The fraction of sp³-hybridized carbons (Fsp3) is 0.320. The van der Waals surface area contributed by atoms with E-state index >= 15 is 0 Å². The van der Waals surface area contributed by atoms with Crippen molar-refractivity contribution in [2.24, 2.45) is 5.73 Å². The maximum absolute atomic E-state index is 13.4. The van der Waals surface area contributed by atoms with Gasteiger partial charge in [0.05, 0.1) is 35.0 Å². The van der Waals surface area contributed by atoms with Gasteiger partial charge in [-0.05, 0) is 52.0 Å². The van der Waals surface area contributed by atoms with E-state index in [1.54, 1.807) is 46.0 Å². The van der Waals surface area contributed by atoms with Crippen LogP contribution in [0.2, 0.25) is 10.0 Å². The van der Waals surface area contributed by atoms with Gasteiger partial charge in [-0.15, -0.1) is 0 Å². The van der Waals surface area contributed by atoms with E-state index in [9.17, 15) is 9.59 Å². The minimum atomic E-state index is -0.730. The van der Waals surface area contributed by atoms with Crippen molar-refractivity contribution in [2.75, 3.05) is 23.4 Å². The fourth-order valence-electron chi connectivity index (χ4n) is 3.43. The molecule has 0 spiro atoms. The zero-order chi connectivity index (χ0) is 25.2.